The Balaban J connectivity index is 2.09. The van der Waals surface area contributed by atoms with Gasteiger partial charge in [0.2, 0.25) is 0 Å². The third kappa shape index (κ3) is 4.02. The molecule has 2 amide bonds. The molecule has 2 rings (SSSR count). The van der Waals surface area contributed by atoms with Gasteiger partial charge in [0.1, 0.15) is 6.54 Å². The van der Waals surface area contributed by atoms with Crippen molar-refractivity contribution in [2.24, 2.45) is 0 Å². The number of hydrogen-bond donors (Lipinski definition) is 2. The summed E-state index contributed by atoms with van der Waals surface area (Å²) in [7, 11) is 0. The Morgan fingerprint density at radius 3 is 2.76 bits per heavy atom. The monoisotopic (exact) mass is 320 g/mol. The van der Waals surface area contributed by atoms with Gasteiger partial charge in [-0.15, -0.1) is 0 Å². The van der Waals surface area contributed by atoms with Crippen LogP contribution >= 0.6 is 11.3 Å². The van der Waals surface area contributed by atoms with Crippen molar-refractivity contribution in [2.75, 3.05) is 11.9 Å². The van der Waals surface area contributed by atoms with E-state index in [1.165, 1.54) is 18.2 Å². The van der Waals surface area contributed by atoms with Crippen LogP contribution in [0, 0.1) is 10.1 Å². The van der Waals surface area contributed by atoms with Crippen molar-refractivity contribution in [3.8, 4) is 0 Å². The number of hydrogen-bond acceptors (Lipinski definition) is 5. The van der Waals surface area contributed by atoms with Gasteiger partial charge < -0.3 is 5.32 Å². The average Bonchev–Trinajstić information content (AvgIpc) is 2.76. The van der Waals surface area contributed by atoms with E-state index in [0.717, 1.165) is 11.3 Å². The first-order valence-electron chi connectivity index (χ1n) is 5.41. The summed E-state index contributed by atoms with van der Waals surface area (Å²) >= 11 is 0.922. The highest BCUT2D eigenvalue weighted by Gasteiger charge is 2.27. The lowest BCUT2D eigenvalue weighted by Crippen LogP contribution is -2.36. The lowest BCUT2D eigenvalue weighted by atomic mass is 10.3. The van der Waals surface area contributed by atoms with Gasteiger partial charge in [-0.3, -0.25) is 15.4 Å². The summed E-state index contributed by atoms with van der Waals surface area (Å²) < 4.78 is 36.2. The molecule has 0 fully saturated rings. The first-order valence-corrected chi connectivity index (χ1v) is 6.23. The zero-order valence-corrected chi connectivity index (χ0v) is 10.9. The lowest BCUT2D eigenvalue weighted by molar-refractivity contribution is -0.384. The summed E-state index contributed by atoms with van der Waals surface area (Å²) in [6, 6.07) is 2.85. The highest BCUT2D eigenvalue weighted by Crippen LogP contribution is 2.29. The molecule has 1 aromatic carbocycles. The number of anilines is 1. The molecule has 11 heteroatoms. The predicted molar refractivity (Wildman–Crippen MR) is 69.4 cm³/mol. The normalized spacial score (nSPS) is 11.4. The maximum absolute atomic E-state index is 11.9. The fraction of sp³-hybridized carbons (Fsp3) is 0.200. The number of aromatic nitrogens is 1. The second kappa shape index (κ2) is 5.52. The Morgan fingerprint density at radius 2 is 2.14 bits per heavy atom. The number of benzene rings is 1. The van der Waals surface area contributed by atoms with Crippen molar-refractivity contribution in [1.29, 1.82) is 0 Å². The second-order valence-electron chi connectivity index (χ2n) is 3.85. The Bertz CT molecular complexity index is 700. The van der Waals surface area contributed by atoms with Crippen LogP contribution in [0.5, 0.6) is 0 Å². The minimum Gasteiger partial charge on any atom is -0.329 e. The van der Waals surface area contributed by atoms with Crippen LogP contribution in [0.25, 0.3) is 10.2 Å². The minimum absolute atomic E-state index is 0.0465. The molecule has 21 heavy (non-hydrogen) atoms. The van der Waals surface area contributed by atoms with Crippen LogP contribution in [-0.4, -0.2) is 28.7 Å². The molecule has 0 aliphatic rings. The number of rotatable bonds is 3. The number of halogens is 3. The van der Waals surface area contributed by atoms with E-state index in [4.69, 9.17) is 0 Å². The molecule has 112 valence electrons. The summed E-state index contributed by atoms with van der Waals surface area (Å²) in [6.07, 6.45) is -4.51. The summed E-state index contributed by atoms with van der Waals surface area (Å²) in [5, 5.41) is 14.4. The maximum Gasteiger partial charge on any atom is 0.405 e. The first kappa shape index (κ1) is 15.0. The molecule has 0 aliphatic carbocycles. The Labute approximate surface area is 118 Å². The molecule has 0 unspecified atom stereocenters. The summed E-state index contributed by atoms with van der Waals surface area (Å²) in [5.74, 6) is 0. The smallest absolute Gasteiger partial charge is 0.329 e. The van der Waals surface area contributed by atoms with Crippen LogP contribution < -0.4 is 10.6 Å². The molecule has 0 spiro atoms. The van der Waals surface area contributed by atoms with Gasteiger partial charge in [-0.25, -0.2) is 9.78 Å². The number of thiazole rings is 1. The van der Waals surface area contributed by atoms with Crippen LogP contribution in [0.3, 0.4) is 0 Å². The fourth-order valence-corrected chi connectivity index (χ4v) is 2.30. The zero-order valence-electron chi connectivity index (χ0n) is 10.1. The molecule has 0 saturated heterocycles. The van der Waals surface area contributed by atoms with Gasteiger partial charge in [0, 0.05) is 12.1 Å². The molecule has 0 saturated carbocycles. The molecule has 2 N–H and O–H groups in total. The van der Waals surface area contributed by atoms with E-state index in [1.807, 2.05) is 0 Å². The highest BCUT2D eigenvalue weighted by molar-refractivity contribution is 7.22. The molecule has 0 radical (unpaired) electrons. The number of fused-ring (bicyclic) bond motifs is 1. The lowest BCUT2D eigenvalue weighted by Gasteiger charge is -2.07. The van der Waals surface area contributed by atoms with Gasteiger partial charge in [0.05, 0.1) is 15.1 Å². The molecule has 0 bridgehead atoms. The number of nitrogens with one attached hydrogen (secondary N) is 2. The molecule has 1 heterocycles. The number of urea groups is 1. The molecule has 0 atom stereocenters. The standard InChI is InChI=1S/C10H7F3N4O3S/c11-10(12,13)4-14-8(18)16-9-15-6-2-1-5(17(19)20)3-7(6)21-9/h1-3H,4H2,(H2,14,15,16,18). The van der Waals surface area contributed by atoms with E-state index < -0.39 is 23.7 Å². The molecule has 2 aromatic rings. The zero-order chi connectivity index (χ0) is 15.6. The second-order valence-corrected chi connectivity index (χ2v) is 4.88. The largest absolute Gasteiger partial charge is 0.405 e. The van der Waals surface area contributed by atoms with Gasteiger partial charge in [0.25, 0.3) is 5.69 Å². The van der Waals surface area contributed by atoms with Crippen molar-refractivity contribution < 1.29 is 22.9 Å². The third-order valence-corrected chi connectivity index (χ3v) is 3.19. The summed E-state index contributed by atoms with van der Waals surface area (Å²) in [5.41, 5.74) is 0.260. The van der Waals surface area contributed by atoms with E-state index in [2.05, 4.69) is 10.3 Å². The van der Waals surface area contributed by atoms with Gasteiger partial charge in [-0.2, -0.15) is 13.2 Å². The highest BCUT2D eigenvalue weighted by atomic mass is 32.1. The number of amides is 2. The van der Waals surface area contributed by atoms with Crippen molar-refractivity contribution in [2.45, 2.75) is 6.18 Å². The van der Waals surface area contributed by atoms with Crippen molar-refractivity contribution in [1.82, 2.24) is 10.3 Å². The molecular weight excluding hydrogens is 313 g/mol. The van der Waals surface area contributed by atoms with Crippen LogP contribution in [0.15, 0.2) is 18.2 Å². The number of nitrogens with zero attached hydrogens (tertiary/aromatic N) is 2. The number of carbonyl (C=O) groups excluding carboxylic acids is 1. The van der Waals surface area contributed by atoms with Gasteiger partial charge in [0.15, 0.2) is 5.13 Å². The number of nitro groups is 1. The van der Waals surface area contributed by atoms with Gasteiger partial charge in [-0.1, -0.05) is 11.3 Å². The maximum atomic E-state index is 11.9. The third-order valence-electron chi connectivity index (χ3n) is 2.25. The van der Waals surface area contributed by atoms with Gasteiger partial charge in [-0.05, 0) is 6.07 Å². The predicted octanol–water partition coefficient (Wildman–Crippen LogP) is 2.89. The SMILES string of the molecule is O=C(NCC(F)(F)F)Nc1nc2ccc([N+](=O)[O-])cc2s1. The quantitative estimate of drug-likeness (QED) is 0.671. The molecule has 0 aliphatic heterocycles. The topological polar surface area (TPSA) is 97.2 Å². The Hall–Kier alpha value is -2.43. The molecular formula is C10H7F3N4O3S. The summed E-state index contributed by atoms with van der Waals surface area (Å²) in [4.78, 5) is 25.2. The Morgan fingerprint density at radius 1 is 1.43 bits per heavy atom. The fourth-order valence-electron chi connectivity index (χ4n) is 1.40. The molecule has 7 nitrogen and oxygen atoms in total. The number of non-ortho nitro benzene ring substituents is 1. The van der Waals surface area contributed by atoms with E-state index in [0.29, 0.717) is 10.2 Å². The van der Waals surface area contributed by atoms with Crippen molar-refractivity contribution in [3.05, 3.63) is 28.3 Å². The van der Waals surface area contributed by atoms with E-state index in [-0.39, 0.29) is 10.8 Å². The van der Waals surface area contributed by atoms with Crippen LogP contribution in [0.1, 0.15) is 0 Å². The number of alkyl halides is 3. The van der Waals surface area contributed by atoms with Crippen molar-refractivity contribution >= 4 is 38.4 Å². The average molecular weight is 320 g/mol. The number of nitro benzene ring substituents is 1. The minimum atomic E-state index is -4.51. The van der Waals surface area contributed by atoms with Gasteiger partial charge >= 0.3 is 12.2 Å². The first-order chi connectivity index (χ1) is 9.74. The van der Waals surface area contributed by atoms with Crippen molar-refractivity contribution in [3.63, 3.8) is 0 Å². The van der Waals surface area contributed by atoms with Crippen LogP contribution in [-0.2, 0) is 0 Å². The Kier molecular flexibility index (Phi) is 3.93. The van der Waals surface area contributed by atoms with E-state index >= 15 is 0 Å². The molecule has 1 aromatic heterocycles. The van der Waals surface area contributed by atoms with E-state index in [1.54, 1.807) is 5.32 Å². The number of carbonyl (C=O) groups is 1. The van der Waals surface area contributed by atoms with Crippen LogP contribution in [0.2, 0.25) is 0 Å². The summed E-state index contributed by atoms with van der Waals surface area (Å²) in [6.45, 7) is -1.46. The van der Waals surface area contributed by atoms with E-state index in [9.17, 15) is 28.1 Å². The van der Waals surface area contributed by atoms with Crippen LogP contribution in [0.4, 0.5) is 28.8 Å².